The Kier molecular flexibility index (Phi) is 11.7. The molecule has 0 aromatic carbocycles. The molecule has 0 spiro atoms. The second kappa shape index (κ2) is 12.0. The standard InChI is InChI=1S/C17H29ClN4O2S.HI/c1-5-19-16(20-10-8-14-6-7-15(18)21-12-14)22-13-17(2,3)9-11-25(4,23)24;/h6-7,12H,5,8-11,13H2,1-4H3,(H2,19,20,22);1H. The number of hydrogen-bond acceptors (Lipinski definition) is 4. The normalized spacial score (nSPS) is 12.4. The first-order valence-corrected chi connectivity index (χ1v) is 10.9. The van der Waals surface area contributed by atoms with Crippen molar-refractivity contribution in [2.24, 2.45) is 10.4 Å². The fraction of sp³-hybridized carbons (Fsp3) is 0.647. The Morgan fingerprint density at radius 2 is 2.00 bits per heavy atom. The Hall–Kier alpha value is -0.610. The van der Waals surface area contributed by atoms with Gasteiger partial charge in [0.05, 0.1) is 5.75 Å². The summed E-state index contributed by atoms with van der Waals surface area (Å²) in [7, 11) is -2.95. The summed E-state index contributed by atoms with van der Waals surface area (Å²) in [6.45, 7) is 8.11. The van der Waals surface area contributed by atoms with Crippen molar-refractivity contribution in [1.82, 2.24) is 15.6 Å². The molecule has 1 aromatic rings. The summed E-state index contributed by atoms with van der Waals surface area (Å²) in [4.78, 5) is 8.66. The highest BCUT2D eigenvalue weighted by atomic mass is 127. The number of pyridine rings is 1. The molecule has 0 aliphatic rings. The Morgan fingerprint density at radius 1 is 1.31 bits per heavy atom. The number of nitrogens with one attached hydrogen (secondary N) is 2. The van der Waals surface area contributed by atoms with E-state index < -0.39 is 9.84 Å². The van der Waals surface area contributed by atoms with Gasteiger partial charge in [-0.25, -0.2) is 13.4 Å². The van der Waals surface area contributed by atoms with Gasteiger partial charge in [0.2, 0.25) is 0 Å². The third-order valence-electron chi connectivity index (χ3n) is 3.65. The van der Waals surface area contributed by atoms with Crippen molar-refractivity contribution in [3.8, 4) is 0 Å². The van der Waals surface area contributed by atoms with Crippen molar-refractivity contribution in [2.75, 3.05) is 31.6 Å². The number of nitrogens with zero attached hydrogens (tertiary/aromatic N) is 2. The van der Waals surface area contributed by atoms with E-state index in [9.17, 15) is 8.42 Å². The average Bonchev–Trinajstić information content (AvgIpc) is 2.52. The fourth-order valence-corrected chi connectivity index (χ4v) is 3.09. The molecule has 0 fully saturated rings. The smallest absolute Gasteiger partial charge is 0.191 e. The van der Waals surface area contributed by atoms with Gasteiger partial charge < -0.3 is 10.6 Å². The molecule has 0 aliphatic heterocycles. The van der Waals surface area contributed by atoms with Crippen LogP contribution in [0.2, 0.25) is 5.15 Å². The summed E-state index contributed by atoms with van der Waals surface area (Å²) in [5, 5.41) is 6.98. The maximum Gasteiger partial charge on any atom is 0.191 e. The highest BCUT2D eigenvalue weighted by Gasteiger charge is 2.20. The zero-order valence-electron chi connectivity index (χ0n) is 15.9. The topological polar surface area (TPSA) is 83.5 Å². The Morgan fingerprint density at radius 3 is 2.54 bits per heavy atom. The quantitative estimate of drug-likeness (QED) is 0.228. The van der Waals surface area contributed by atoms with Crippen LogP contribution < -0.4 is 10.6 Å². The van der Waals surface area contributed by atoms with Gasteiger partial charge >= 0.3 is 0 Å². The average molecular weight is 517 g/mol. The predicted octanol–water partition coefficient (Wildman–Crippen LogP) is 2.91. The summed E-state index contributed by atoms with van der Waals surface area (Å²) in [5.74, 6) is 0.917. The van der Waals surface area contributed by atoms with E-state index in [4.69, 9.17) is 11.6 Å². The van der Waals surface area contributed by atoms with Crippen LogP contribution in [0.3, 0.4) is 0 Å². The molecule has 0 unspecified atom stereocenters. The van der Waals surface area contributed by atoms with Gasteiger partial charge in [-0.1, -0.05) is 31.5 Å². The minimum Gasteiger partial charge on any atom is -0.357 e. The third kappa shape index (κ3) is 11.9. The number of halogens is 2. The fourth-order valence-electron chi connectivity index (χ4n) is 2.06. The van der Waals surface area contributed by atoms with Gasteiger partial charge in [0.15, 0.2) is 5.96 Å². The van der Waals surface area contributed by atoms with Crippen LogP contribution in [0.5, 0.6) is 0 Å². The summed E-state index contributed by atoms with van der Waals surface area (Å²) >= 11 is 5.78. The van der Waals surface area contributed by atoms with E-state index in [2.05, 4.69) is 20.6 Å². The first-order chi connectivity index (χ1) is 11.6. The van der Waals surface area contributed by atoms with E-state index in [0.29, 0.717) is 18.1 Å². The SMILES string of the molecule is CCNC(=NCC(C)(C)CCS(C)(=O)=O)NCCc1ccc(Cl)nc1.I. The van der Waals surface area contributed by atoms with Crippen LogP contribution in [0.25, 0.3) is 0 Å². The first kappa shape index (κ1) is 25.4. The molecule has 26 heavy (non-hydrogen) atoms. The molecule has 6 nitrogen and oxygen atoms in total. The lowest BCUT2D eigenvalue weighted by molar-refractivity contribution is 0.365. The molecular formula is C17H30ClIN4O2S. The van der Waals surface area contributed by atoms with Crippen molar-refractivity contribution >= 4 is 51.4 Å². The molecule has 9 heteroatoms. The number of guanidine groups is 1. The minimum atomic E-state index is -2.95. The molecule has 1 heterocycles. The minimum absolute atomic E-state index is 0. The number of hydrogen-bond donors (Lipinski definition) is 2. The molecule has 1 rings (SSSR count). The summed E-state index contributed by atoms with van der Waals surface area (Å²) in [5.41, 5.74) is 0.923. The number of aromatic nitrogens is 1. The van der Waals surface area contributed by atoms with Crippen LogP contribution in [0.4, 0.5) is 0 Å². The molecule has 0 saturated heterocycles. The van der Waals surface area contributed by atoms with Crippen LogP contribution in [0.1, 0.15) is 32.8 Å². The van der Waals surface area contributed by atoms with Crippen molar-refractivity contribution in [3.63, 3.8) is 0 Å². The lowest BCUT2D eigenvalue weighted by Gasteiger charge is -2.22. The molecule has 0 amide bonds. The van der Waals surface area contributed by atoms with Gasteiger partial charge in [-0.05, 0) is 36.8 Å². The second-order valence-corrected chi connectivity index (χ2v) is 9.55. The second-order valence-electron chi connectivity index (χ2n) is 6.91. The zero-order valence-corrected chi connectivity index (χ0v) is 19.8. The summed E-state index contributed by atoms with van der Waals surface area (Å²) in [6.07, 6.45) is 4.43. The summed E-state index contributed by atoms with van der Waals surface area (Å²) < 4.78 is 22.7. The highest BCUT2D eigenvalue weighted by Crippen LogP contribution is 2.21. The molecule has 0 aliphatic carbocycles. The Bertz CT molecular complexity index is 664. The van der Waals surface area contributed by atoms with Crippen molar-refractivity contribution in [1.29, 1.82) is 0 Å². The van der Waals surface area contributed by atoms with Crippen LogP contribution in [0, 0.1) is 5.41 Å². The van der Waals surface area contributed by atoms with Gasteiger partial charge in [0.25, 0.3) is 0 Å². The first-order valence-electron chi connectivity index (χ1n) is 8.42. The number of aliphatic imine (C=N–C) groups is 1. The van der Waals surface area contributed by atoms with E-state index in [1.54, 1.807) is 12.3 Å². The molecule has 0 bridgehead atoms. The van der Waals surface area contributed by atoms with Crippen molar-refractivity contribution in [2.45, 2.75) is 33.6 Å². The van der Waals surface area contributed by atoms with Crippen LogP contribution in [-0.2, 0) is 16.3 Å². The van der Waals surface area contributed by atoms with Gasteiger partial charge in [0.1, 0.15) is 15.0 Å². The van der Waals surface area contributed by atoms with Gasteiger partial charge in [-0.15, -0.1) is 24.0 Å². The molecule has 0 radical (unpaired) electrons. The van der Waals surface area contributed by atoms with Crippen molar-refractivity contribution in [3.05, 3.63) is 29.0 Å². The number of rotatable bonds is 9. The van der Waals surface area contributed by atoms with Crippen LogP contribution in [-0.4, -0.2) is 51.0 Å². The maximum atomic E-state index is 11.3. The number of sulfone groups is 1. The Balaban J connectivity index is 0.00000625. The maximum absolute atomic E-state index is 11.3. The lowest BCUT2D eigenvalue weighted by Crippen LogP contribution is -2.39. The third-order valence-corrected chi connectivity index (χ3v) is 4.82. The summed E-state index contributed by atoms with van der Waals surface area (Å²) in [6, 6.07) is 3.73. The molecule has 0 atom stereocenters. The van der Waals surface area contributed by atoms with E-state index >= 15 is 0 Å². The monoisotopic (exact) mass is 516 g/mol. The molecule has 150 valence electrons. The van der Waals surface area contributed by atoms with E-state index in [1.807, 2.05) is 26.8 Å². The van der Waals surface area contributed by atoms with Gasteiger partial charge in [-0.2, -0.15) is 0 Å². The van der Waals surface area contributed by atoms with E-state index in [0.717, 1.165) is 31.0 Å². The van der Waals surface area contributed by atoms with Gasteiger partial charge in [0, 0.05) is 32.1 Å². The van der Waals surface area contributed by atoms with E-state index in [1.165, 1.54) is 6.26 Å². The molecular weight excluding hydrogens is 487 g/mol. The molecule has 1 aromatic heterocycles. The van der Waals surface area contributed by atoms with Crippen LogP contribution >= 0.6 is 35.6 Å². The molecule has 0 saturated carbocycles. The lowest BCUT2D eigenvalue weighted by atomic mass is 9.90. The highest BCUT2D eigenvalue weighted by molar-refractivity contribution is 14.0. The van der Waals surface area contributed by atoms with Crippen LogP contribution in [0.15, 0.2) is 23.3 Å². The zero-order chi connectivity index (χ0) is 18.9. The van der Waals surface area contributed by atoms with Gasteiger partial charge in [-0.3, -0.25) is 4.99 Å². The van der Waals surface area contributed by atoms with Crippen molar-refractivity contribution < 1.29 is 8.42 Å². The predicted molar refractivity (Wildman–Crippen MR) is 120 cm³/mol. The molecule has 2 N–H and O–H groups in total. The largest absolute Gasteiger partial charge is 0.357 e. The van der Waals surface area contributed by atoms with E-state index in [-0.39, 0.29) is 35.1 Å². The Labute approximate surface area is 179 Å².